The van der Waals surface area contributed by atoms with Gasteiger partial charge in [-0.2, -0.15) is 13.2 Å². The normalized spacial score (nSPS) is 11.5. The van der Waals surface area contributed by atoms with Crippen LogP contribution in [0.3, 0.4) is 0 Å². The molecule has 0 atom stereocenters. The summed E-state index contributed by atoms with van der Waals surface area (Å²) in [6, 6.07) is 11.8. The van der Waals surface area contributed by atoms with Crippen LogP contribution < -0.4 is 16.0 Å². The number of nitrogens with zero attached hydrogens (tertiary/aromatic N) is 1. The third-order valence-corrected chi connectivity index (χ3v) is 3.75. The Morgan fingerprint density at radius 3 is 2.59 bits per heavy atom. The highest BCUT2D eigenvalue weighted by Crippen LogP contribution is 2.29. The highest BCUT2D eigenvalue weighted by Gasteiger charge is 2.30. The molecular formula is C21H21F3N4O. The molecule has 0 aromatic heterocycles. The Labute approximate surface area is 167 Å². The number of benzene rings is 2. The van der Waals surface area contributed by atoms with E-state index < -0.39 is 11.7 Å². The molecule has 0 saturated heterocycles. The van der Waals surface area contributed by atoms with Crippen LogP contribution in [0.4, 0.5) is 18.9 Å². The maximum Gasteiger partial charge on any atom is 0.416 e. The number of carbonyl (C=O) groups is 1. The maximum absolute atomic E-state index is 12.8. The molecule has 1 amide bonds. The third kappa shape index (κ3) is 7.22. The number of rotatable bonds is 6. The van der Waals surface area contributed by atoms with Gasteiger partial charge in [0.25, 0.3) is 0 Å². The summed E-state index contributed by atoms with van der Waals surface area (Å²) in [5, 5.41) is 8.50. The minimum Gasteiger partial charge on any atom is -0.357 e. The van der Waals surface area contributed by atoms with Gasteiger partial charge in [-0.25, -0.2) is 4.99 Å². The Kier molecular flexibility index (Phi) is 7.66. The molecule has 3 N–H and O–H groups in total. The van der Waals surface area contributed by atoms with Crippen LogP contribution in [0.2, 0.25) is 0 Å². The van der Waals surface area contributed by atoms with E-state index >= 15 is 0 Å². The van der Waals surface area contributed by atoms with Crippen LogP contribution in [0.25, 0.3) is 0 Å². The number of alkyl halides is 3. The Hall–Kier alpha value is -3.47. The van der Waals surface area contributed by atoms with Gasteiger partial charge in [0, 0.05) is 17.8 Å². The summed E-state index contributed by atoms with van der Waals surface area (Å²) in [4.78, 5) is 16.4. The lowest BCUT2D eigenvalue weighted by molar-refractivity contribution is -0.137. The summed E-state index contributed by atoms with van der Waals surface area (Å²) in [7, 11) is 0. The van der Waals surface area contributed by atoms with E-state index in [1.54, 1.807) is 30.3 Å². The molecule has 2 rings (SSSR count). The standard InChI is InChI=1S/C21H21F3N4O/c1-3-15-7-6-10-18(12-15)28-19(29)14-27-20(25-4-2)26-13-16-8-5-9-17(11-16)21(22,23)24/h1,5-12H,4,13-14H2,2H3,(H,28,29)(H2,25,26,27). The van der Waals surface area contributed by atoms with E-state index in [0.29, 0.717) is 29.3 Å². The van der Waals surface area contributed by atoms with Gasteiger partial charge in [-0.3, -0.25) is 4.79 Å². The quantitative estimate of drug-likeness (QED) is 0.394. The van der Waals surface area contributed by atoms with Crippen LogP contribution in [0.15, 0.2) is 53.5 Å². The molecule has 0 saturated carbocycles. The Bertz CT molecular complexity index is 917. The second kappa shape index (κ2) is 10.2. The molecule has 29 heavy (non-hydrogen) atoms. The summed E-state index contributed by atoms with van der Waals surface area (Å²) in [5.41, 5.74) is 0.897. The van der Waals surface area contributed by atoms with Crippen LogP contribution in [-0.4, -0.2) is 25.0 Å². The van der Waals surface area contributed by atoms with Crippen molar-refractivity contribution in [3.8, 4) is 12.3 Å². The van der Waals surface area contributed by atoms with Crippen molar-refractivity contribution in [2.45, 2.75) is 19.6 Å². The average molecular weight is 402 g/mol. The average Bonchev–Trinajstić information content (AvgIpc) is 2.70. The first-order valence-corrected chi connectivity index (χ1v) is 8.86. The van der Waals surface area contributed by atoms with E-state index in [2.05, 4.69) is 26.9 Å². The number of guanidine groups is 1. The molecule has 0 aliphatic carbocycles. The SMILES string of the molecule is C#Cc1cccc(NC(=O)CNC(=NCc2cccc(C(F)(F)F)c2)NCC)c1. The van der Waals surface area contributed by atoms with Gasteiger partial charge in [-0.05, 0) is 42.8 Å². The lowest BCUT2D eigenvalue weighted by Gasteiger charge is -2.12. The minimum atomic E-state index is -4.41. The maximum atomic E-state index is 12.8. The number of halogens is 3. The Morgan fingerprint density at radius 2 is 1.90 bits per heavy atom. The van der Waals surface area contributed by atoms with Crippen LogP contribution >= 0.6 is 0 Å². The highest BCUT2D eigenvalue weighted by atomic mass is 19.4. The van der Waals surface area contributed by atoms with Gasteiger partial charge in [-0.1, -0.05) is 24.1 Å². The second-order valence-corrected chi connectivity index (χ2v) is 6.02. The molecule has 0 bridgehead atoms. The first-order chi connectivity index (χ1) is 13.8. The summed E-state index contributed by atoms with van der Waals surface area (Å²) in [6.07, 6.45) is 0.929. The van der Waals surface area contributed by atoms with Crippen molar-refractivity contribution < 1.29 is 18.0 Å². The largest absolute Gasteiger partial charge is 0.416 e. The second-order valence-electron chi connectivity index (χ2n) is 6.02. The van der Waals surface area contributed by atoms with Crippen molar-refractivity contribution >= 4 is 17.6 Å². The first kappa shape index (κ1) is 21.8. The van der Waals surface area contributed by atoms with E-state index in [0.717, 1.165) is 12.1 Å². The summed E-state index contributed by atoms with van der Waals surface area (Å²) in [5.74, 6) is 2.49. The van der Waals surface area contributed by atoms with Gasteiger partial charge in [0.15, 0.2) is 5.96 Å². The van der Waals surface area contributed by atoms with Gasteiger partial charge >= 0.3 is 6.18 Å². The number of anilines is 1. The highest BCUT2D eigenvalue weighted by molar-refractivity contribution is 5.95. The fraction of sp³-hybridized carbons (Fsp3) is 0.238. The fourth-order valence-electron chi connectivity index (χ4n) is 2.41. The Balaban J connectivity index is 1.97. The van der Waals surface area contributed by atoms with Crippen molar-refractivity contribution in [3.63, 3.8) is 0 Å². The molecule has 0 heterocycles. The van der Waals surface area contributed by atoms with E-state index in [1.165, 1.54) is 6.07 Å². The molecule has 8 heteroatoms. The minimum absolute atomic E-state index is 0.0328. The van der Waals surface area contributed by atoms with Crippen molar-refractivity contribution in [1.29, 1.82) is 0 Å². The molecule has 152 valence electrons. The molecule has 0 spiro atoms. The van der Waals surface area contributed by atoms with Gasteiger partial charge in [0.05, 0.1) is 18.7 Å². The van der Waals surface area contributed by atoms with Gasteiger partial charge in [0.1, 0.15) is 0 Å². The molecule has 2 aromatic carbocycles. The monoisotopic (exact) mass is 402 g/mol. The van der Waals surface area contributed by atoms with Gasteiger partial charge in [-0.15, -0.1) is 6.42 Å². The number of hydrogen-bond acceptors (Lipinski definition) is 2. The van der Waals surface area contributed by atoms with Gasteiger partial charge in [0.2, 0.25) is 5.91 Å². The zero-order chi connectivity index (χ0) is 21.3. The molecule has 0 aliphatic heterocycles. The number of hydrogen-bond donors (Lipinski definition) is 3. The lowest BCUT2D eigenvalue weighted by atomic mass is 10.1. The number of nitrogens with one attached hydrogen (secondary N) is 3. The predicted octanol–water partition coefficient (Wildman–Crippen LogP) is 3.38. The summed E-state index contributed by atoms with van der Waals surface area (Å²) >= 11 is 0. The molecule has 0 aliphatic rings. The van der Waals surface area contributed by atoms with Crippen molar-refractivity contribution in [2.24, 2.45) is 4.99 Å². The van der Waals surface area contributed by atoms with E-state index in [1.807, 2.05) is 6.92 Å². The van der Waals surface area contributed by atoms with Crippen LogP contribution in [0.1, 0.15) is 23.6 Å². The van der Waals surface area contributed by atoms with E-state index in [4.69, 9.17) is 6.42 Å². The third-order valence-electron chi connectivity index (χ3n) is 3.75. The number of terminal acetylenes is 1. The van der Waals surface area contributed by atoms with E-state index in [-0.39, 0.29) is 19.0 Å². The topological polar surface area (TPSA) is 65.5 Å². The van der Waals surface area contributed by atoms with E-state index in [9.17, 15) is 18.0 Å². The van der Waals surface area contributed by atoms with Crippen molar-refractivity contribution in [1.82, 2.24) is 10.6 Å². The number of carbonyl (C=O) groups excluding carboxylic acids is 1. The summed E-state index contributed by atoms with van der Waals surface area (Å²) in [6.45, 7) is 2.33. The van der Waals surface area contributed by atoms with Crippen molar-refractivity contribution in [3.05, 3.63) is 65.2 Å². The van der Waals surface area contributed by atoms with Crippen LogP contribution in [-0.2, 0) is 17.5 Å². The lowest BCUT2D eigenvalue weighted by Crippen LogP contribution is -2.41. The van der Waals surface area contributed by atoms with Crippen molar-refractivity contribution in [2.75, 3.05) is 18.4 Å². The molecule has 0 fully saturated rings. The number of amides is 1. The zero-order valence-corrected chi connectivity index (χ0v) is 15.8. The van der Waals surface area contributed by atoms with Crippen LogP contribution in [0, 0.1) is 12.3 Å². The van der Waals surface area contributed by atoms with Crippen LogP contribution in [0.5, 0.6) is 0 Å². The molecular weight excluding hydrogens is 381 g/mol. The molecule has 5 nitrogen and oxygen atoms in total. The van der Waals surface area contributed by atoms with Gasteiger partial charge < -0.3 is 16.0 Å². The predicted molar refractivity (Wildman–Crippen MR) is 107 cm³/mol. The fourth-order valence-corrected chi connectivity index (χ4v) is 2.41. The molecule has 2 aromatic rings. The number of aliphatic imine (C=N–C) groups is 1. The smallest absolute Gasteiger partial charge is 0.357 e. The summed E-state index contributed by atoms with van der Waals surface area (Å²) < 4.78 is 38.4. The molecule has 0 radical (unpaired) electrons. The Morgan fingerprint density at radius 1 is 1.14 bits per heavy atom. The first-order valence-electron chi connectivity index (χ1n) is 8.86. The molecule has 0 unspecified atom stereocenters. The zero-order valence-electron chi connectivity index (χ0n) is 15.8.